The molecule has 0 heterocycles. The topological polar surface area (TPSA) is 136 Å². The minimum Gasteiger partial charge on any atom is -0.481 e. The standard InChI is InChI=1S/C8H14N2O6/c11-6(12)3-5(8(15)16)10-2-1-9-4-7(13)14/h5,9-10H,1-4H2,(H,11,12)(H,13,14)(H,15,16). The van der Waals surface area contributed by atoms with Crippen molar-refractivity contribution in [2.75, 3.05) is 19.6 Å². The van der Waals surface area contributed by atoms with E-state index in [2.05, 4.69) is 10.6 Å². The van der Waals surface area contributed by atoms with Crippen molar-refractivity contribution in [1.82, 2.24) is 10.6 Å². The Bertz CT molecular complexity index is 267. The van der Waals surface area contributed by atoms with Gasteiger partial charge in [-0.3, -0.25) is 14.4 Å². The fourth-order valence-corrected chi connectivity index (χ4v) is 0.952. The number of hydrogen-bond donors (Lipinski definition) is 5. The van der Waals surface area contributed by atoms with Crippen LogP contribution in [0.25, 0.3) is 0 Å². The molecule has 0 aliphatic heterocycles. The maximum Gasteiger partial charge on any atom is 0.321 e. The van der Waals surface area contributed by atoms with Crippen molar-refractivity contribution in [1.29, 1.82) is 0 Å². The Morgan fingerprint density at radius 3 is 2.06 bits per heavy atom. The summed E-state index contributed by atoms with van der Waals surface area (Å²) in [6.07, 6.45) is -0.520. The second kappa shape index (κ2) is 7.60. The zero-order chi connectivity index (χ0) is 12.6. The van der Waals surface area contributed by atoms with Gasteiger partial charge < -0.3 is 26.0 Å². The summed E-state index contributed by atoms with van der Waals surface area (Å²) in [7, 11) is 0. The number of aliphatic carboxylic acids is 3. The van der Waals surface area contributed by atoms with Gasteiger partial charge in [0.25, 0.3) is 0 Å². The zero-order valence-electron chi connectivity index (χ0n) is 8.47. The summed E-state index contributed by atoms with van der Waals surface area (Å²) in [4.78, 5) is 31.0. The first-order chi connectivity index (χ1) is 7.43. The van der Waals surface area contributed by atoms with E-state index in [1.165, 1.54) is 0 Å². The van der Waals surface area contributed by atoms with E-state index in [1.807, 2.05) is 0 Å². The Balaban J connectivity index is 3.72. The average molecular weight is 234 g/mol. The van der Waals surface area contributed by atoms with Gasteiger partial charge in [-0.25, -0.2) is 0 Å². The quantitative estimate of drug-likeness (QED) is 0.294. The van der Waals surface area contributed by atoms with Gasteiger partial charge in [-0.15, -0.1) is 0 Å². The Labute approximate surface area is 91.3 Å². The van der Waals surface area contributed by atoms with Crippen LogP contribution in [-0.4, -0.2) is 58.9 Å². The molecule has 1 atom stereocenters. The minimum atomic E-state index is -1.25. The normalized spacial score (nSPS) is 12.0. The molecule has 0 aliphatic carbocycles. The molecule has 0 rings (SSSR count). The van der Waals surface area contributed by atoms with Gasteiger partial charge in [0.2, 0.25) is 0 Å². The van der Waals surface area contributed by atoms with Crippen LogP contribution < -0.4 is 10.6 Å². The lowest BCUT2D eigenvalue weighted by molar-refractivity contribution is -0.145. The van der Waals surface area contributed by atoms with Crippen LogP contribution in [0, 0.1) is 0 Å². The molecule has 0 aliphatic rings. The van der Waals surface area contributed by atoms with E-state index >= 15 is 0 Å². The molecule has 0 aromatic carbocycles. The number of rotatable bonds is 9. The summed E-state index contributed by atoms with van der Waals surface area (Å²) in [5.41, 5.74) is 0. The molecule has 0 aromatic rings. The molecule has 0 saturated heterocycles. The molecule has 0 radical (unpaired) electrons. The number of carboxylic acid groups (broad SMARTS) is 3. The SMILES string of the molecule is O=C(O)CNCCNC(CC(=O)O)C(=O)O. The molecule has 8 nitrogen and oxygen atoms in total. The highest BCUT2D eigenvalue weighted by Gasteiger charge is 2.19. The zero-order valence-corrected chi connectivity index (χ0v) is 8.47. The molecule has 0 fully saturated rings. The predicted molar refractivity (Wildman–Crippen MR) is 52.2 cm³/mol. The summed E-state index contributed by atoms with van der Waals surface area (Å²) in [5.74, 6) is -3.47. The van der Waals surface area contributed by atoms with E-state index in [0.717, 1.165) is 0 Å². The maximum absolute atomic E-state index is 10.6. The molecule has 16 heavy (non-hydrogen) atoms. The fraction of sp³-hybridized carbons (Fsp3) is 0.625. The number of hydrogen-bond acceptors (Lipinski definition) is 5. The van der Waals surface area contributed by atoms with Gasteiger partial charge in [-0.05, 0) is 0 Å². The smallest absolute Gasteiger partial charge is 0.321 e. The monoisotopic (exact) mass is 234 g/mol. The van der Waals surface area contributed by atoms with Gasteiger partial charge in [0, 0.05) is 13.1 Å². The van der Waals surface area contributed by atoms with E-state index < -0.39 is 30.4 Å². The largest absolute Gasteiger partial charge is 0.481 e. The second-order valence-electron chi connectivity index (χ2n) is 3.01. The molecule has 0 spiro atoms. The third-order valence-corrected chi connectivity index (χ3v) is 1.65. The van der Waals surface area contributed by atoms with Crippen molar-refractivity contribution < 1.29 is 29.7 Å². The first-order valence-electron chi connectivity index (χ1n) is 4.54. The molecule has 0 saturated carbocycles. The van der Waals surface area contributed by atoms with Gasteiger partial charge in [-0.2, -0.15) is 0 Å². The minimum absolute atomic E-state index is 0.178. The van der Waals surface area contributed by atoms with Gasteiger partial charge in [0.15, 0.2) is 0 Å². The van der Waals surface area contributed by atoms with Crippen molar-refractivity contribution in [3.63, 3.8) is 0 Å². The van der Waals surface area contributed by atoms with Crippen molar-refractivity contribution in [3.8, 4) is 0 Å². The lowest BCUT2D eigenvalue weighted by Gasteiger charge is -2.11. The van der Waals surface area contributed by atoms with Gasteiger partial charge in [0.05, 0.1) is 13.0 Å². The summed E-state index contributed by atoms with van der Waals surface area (Å²) in [5, 5.41) is 30.3. The first kappa shape index (κ1) is 14.3. The molecule has 5 N–H and O–H groups in total. The molecule has 92 valence electrons. The molecular weight excluding hydrogens is 220 g/mol. The van der Waals surface area contributed by atoms with Crippen LogP contribution in [0.2, 0.25) is 0 Å². The first-order valence-corrected chi connectivity index (χ1v) is 4.54. The average Bonchev–Trinajstić information content (AvgIpc) is 2.14. The molecule has 8 heteroatoms. The number of carbonyl (C=O) groups is 3. The van der Waals surface area contributed by atoms with Crippen LogP contribution in [0.5, 0.6) is 0 Å². The Morgan fingerprint density at radius 2 is 1.62 bits per heavy atom. The van der Waals surface area contributed by atoms with Crippen molar-refractivity contribution in [2.45, 2.75) is 12.5 Å². The third kappa shape index (κ3) is 7.71. The summed E-state index contributed by atoms with van der Waals surface area (Å²) >= 11 is 0. The highest BCUT2D eigenvalue weighted by molar-refractivity contribution is 5.80. The van der Waals surface area contributed by atoms with Crippen LogP contribution in [0.15, 0.2) is 0 Å². The fourth-order valence-electron chi connectivity index (χ4n) is 0.952. The lowest BCUT2D eigenvalue weighted by Crippen LogP contribution is -2.42. The highest BCUT2D eigenvalue weighted by Crippen LogP contribution is 1.91. The predicted octanol–water partition coefficient (Wildman–Crippen LogP) is -1.82. The Morgan fingerprint density at radius 1 is 1.00 bits per heavy atom. The maximum atomic E-state index is 10.6. The number of nitrogens with one attached hydrogen (secondary N) is 2. The van der Waals surface area contributed by atoms with Crippen LogP contribution in [0.1, 0.15) is 6.42 Å². The van der Waals surface area contributed by atoms with Crippen molar-refractivity contribution in [2.24, 2.45) is 0 Å². The molecule has 1 unspecified atom stereocenters. The van der Waals surface area contributed by atoms with Gasteiger partial charge in [0.1, 0.15) is 6.04 Å². The van der Waals surface area contributed by atoms with Crippen LogP contribution >= 0.6 is 0 Å². The third-order valence-electron chi connectivity index (χ3n) is 1.65. The molecule has 0 bridgehead atoms. The van der Waals surface area contributed by atoms with E-state index in [0.29, 0.717) is 0 Å². The number of carboxylic acids is 3. The summed E-state index contributed by atoms with van der Waals surface area (Å²) in [6, 6.07) is -1.16. The van der Waals surface area contributed by atoms with E-state index in [4.69, 9.17) is 15.3 Å². The van der Waals surface area contributed by atoms with E-state index in [-0.39, 0.29) is 19.6 Å². The molecule has 0 aromatic heterocycles. The molecular formula is C8H14N2O6. The van der Waals surface area contributed by atoms with Crippen LogP contribution in [0.4, 0.5) is 0 Å². The highest BCUT2D eigenvalue weighted by atomic mass is 16.4. The van der Waals surface area contributed by atoms with Crippen molar-refractivity contribution >= 4 is 17.9 Å². The Kier molecular flexibility index (Phi) is 6.81. The van der Waals surface area contributed by atoms with Crippen molar-refractivity contribution in [3.05, 3.63) is 0 Å². The summed E-state index contributed by atoms with van der Waals surface area (Å²) in [6.45, 7) is 0.200. The van der Waals surface area contributed by atoms with E-state index in [9.17, 15) is 14.4 Å². The Hall–Kier alpha value is -1.67. The van der Waals surface area contributed by atoms with Gasteiger partial charge in [-0.1, -0.05) is 0 Å². The summed E-state index contributed by atoms with van der Waals surface area (Å²) < 4.78 is 0. The second-order valence-corrected chi connectivity index (χ2v) is 3.01. The van der Waals surface area contributed by atoms with Crippen LogP contribution in [-0.2, 0) is 14.4 Å². The van der Waals surface area contributed by atoms with E-state index in [1.54, 1.807) is 0 Å². The lowest BCUT2D eigenvalue weighted by atomic mass is 10.2. The van der Waals surface area contributed by atoms with Gasteiger partial charge >= 0.3 is 17.9 Å². The van der Waals surface area contributed by atoms with Crippen LogP contribution in [0.3, 0.4) is 0 Å². The molecule has 0 amide bonds.